The fourth-order valence-electron chi connectivity index (χ4n) is 1.19. The third-order valence-electron chi connectivity index (χ3n) is 2.21. The van der Waals surface area contributed by atoms with E-state index >= 15 is 0 Å². The molecule has 0 saturated heterocycles. The second kappa shape index (κ2) is 4.12. The van der Waals surface area contributed by atoms with E-state index < -0.39 is 0 Å². The third-order valence-corrected chi connectivity index (χ3v) is 3.20. The van der Waals surface area contributed by atoms with Crippen LogP contribution in [0.25, 0.3) is 10.8 Å². The predicted octanol–water partition coefficient (Wildman–Crippen LogP) is 2.39. The summed E-state index contributed by atoms with van der Waals surface area (Å²) in [6.45, 7) is 4.05. The van der Waals surface area contributed by atoms with Gasteiger partial charge < -0.3 is 9.84 Å². The minimum absolute atomic E-state index is 0.114. The van der Waals surface area contributed by atoms with E-state index in [1.165, 1.54) is 4.88 Å². The molecule has 80 valence electrons. The number of thiophene rings is 1. The predicted molar refractivity (Wildman–Crippen MR) is 59.8 cm³/mol. The largest absolute Gasteiger partial charge is 0.333 e. The molecule has 2 heterocycles. The molecule has 15 heavy (non-hydrogen) atoms. The highest BCUT2D eigenvalue weighted by Crippen LogP contribution is 2.26. The molecular weight excluding hydrogens is 210 g/mol. The lowest BCUT2D eigenvalue weighted by Gasteiger charge is -2.01. The van der Waals surface area contributed by atoms with Gasteiger partial charge in [-0.2, -0.15) is 4.98 Å². The van der Waals surface area contributed by atoms with Crippen LogP contribution < -0.4 is 5.32 Å². The first-order valence-electron chi connectivity index (χ1n) is 4.78. The van der Waals surface area contributed by atoms with E-state index in [9.17, 15) is 0 Å². The molecule has 0 amide bonds. The van der Waals surface area contributed by atoms with Gasteiger partial charge in [0.2, 0.25) is 0 Å². The summed E-state index contributed by atoms with van der Waals surface area (Å²) in [6.07, 6.45) is 0. The molecule has 0 spiro atoms. The Labute approximate surface area is 92.3 Å². The van der Waals surface area contributed by atoms with Crippen LogP contribution in [-0.2, 0) is 0 Å². The number of hydrogen-bond acceptors (Lipinski definition) is 5. The van der Waals surface area contributed by atoms with Crippen molar-refractivity contribution in [2.45, 2.75) is 19.9 Å². The molecule has 5 heteroatoms. The minimum Gasteiger partial charge on any atom is -0.333 e. The monoisotopic (exact) mass is 223 g/mol. The minimum atomic E-state index is 0.114. The van der Waals surface area contributed by atoms with E-state index in [1.54, 1.807) is 11.3 Å². The van der Waals surface area contributed by atoms with Gasteiger partial charge in [0, 0.05) is 4.88 Å². The van der Waals surface area contributed by atoms with Crippen molar-refractivity contribution in [2.24, 2.45) is 0 Å². The van der Waals surface area contributed by atoms with E-state index in [2.05, 4.69) is 22.4 Å². The first-order chi connectivity index (χ1) is 7.20. The van der Waals surface area contributed by atoms with Gasteiger partial charge in [-0.15, -0.1) is 11.3 Å². The molecule has 2 aromatic heterocycles. The van der Waals surface area contributed by atoms with Gasteiger partial charge in [0.05, 0.1) is 10.9 Å². The molecular formula is C10H13N3OS. The van der Waals surface area contributed by atoms with Gasteiger partial charge in [0.25, 0.3) is 5.89 Å². The van der Waals surface area contributed by atoms with Crippen molar-refractivity contribution < 1.29 is 4.52 Å². The highest BCUT2D eigenvalue weighted by molar-refractivity contribution is 7.15. The van der Waals surface area contributed by atoms with Crippen molar-refractivity contribution in [1.82, 2.24) is 15.5 Å². The quantitative estimate of drug-likeness (QED) is 0.868. The maximum atomic E-state index is 5.20. The summed E-state index contributed by atoms with van der Waals surface area (Å²) in [6, 6.07) is 4.16. The summed E-state index contributed by atoms with van der Waals surface area (Å²) in [5.74, 6) is 1.30. The fraction of sp³-hybridized carbons (Fsp3) is 0.400. The van der Waals surface area contributed by atoms with E-state index in [4.69, 9.17) is 4.52 Å². The molecule has 4 nitrogen and oxygen atoms in total. The number of nitrogens with one attached hydrogen (secondary N) is 1. The van der Waals surface area contributed by atoms with E-state index in [-0.39, 0.29) is 6.04 Å². The molecule has 0 aliphatic heterocycles. The molecule has 1 unspecified atom stereocenters. The maximum Gasteiger partial charge on any atom is 0.268 e. The zero-order chi connectivity index (χ0) is 10.8. The first-order valence-corrected chi connectivity index (χ1v) is 5.60. The van der Waals surface area contributed by atoms with Crippen molar-refractivity contribution in [3.8, 4) is 10.8 Å². The van der Waals surface area contributed by atoms with Crippen molar-refractivity contribution in [3.05, 3.63) is 22.8 Å². The number of aryl methyl sites for hydroxylation is 1. The van der Waals surface area contributed by atoms with Crippen LogP contribution in [0.3, 0.4) is 0 Å². The van der Waals surface area contributed by atoms with E-state index in [1.807, 2.05) is 26.1 Å². The molecule has 0 aliphatic carbocycles. The Bertz CT molecular complexity index is 449. The third kappa shape index (κ3) is 2.08. The maximum absolute atomic E-state index is 5.20. The summed E-state index contributed by atoms with van der Waals surface area (Å²) in [4.78, 5) is 6.60. The Hall–Kier alpha value is -1.20. The summed E-state index contributed by atoms with van der Waals surface area (Å²) < 4.78 is 5.20. The second-order valence-electron chi connectivity index (χ2n) is 3.38. The van der Waals surface area contributed by atoms with Crippen LogP contribution in [0.15, 0.2) is 16.7 Å². The molecule has 1 atom stereocenters. The smallest absolute Gasteiger partial charge is 0.268 e. The topological polar surface area (TPSA) is 51.0 Å². The van der Waals surface area contributed by atoms with Crippen LogP contribution in [0.5, 0.6) is 0 Å². The average molecular weight is 223 g/mol. The van der Waals surface area contributed by atoms with Crippen LogP contribution in [-0.4, -0.2) is 17.2 Å². The van der Waals surface area contributed by atoms with Gasteiger partial charge in [-0.1, -0.05) is 5.16 Å². The average Bonchev–Trinajstić information content (AvgIpc) is 2.84. The van der Waals surface area contributed by atoms with Crippen molar-refractivity contribution in [2.75, 3.05) is 7.05 Å². The normalized spacial score (nSPS) is 13.0. The van der Waals surface area contributed by atoms with Gasteiger partial charge in [-0.25, -0.2) is 0 Å². The standard InChI is InChI=1S/C10H13N3OS/c1-6-4-5-8(15-6)10-12-9(13-14-10)7(2)11-3/h4-5,7,11H,1-3H3. The highest BCUT2D eigenvalue weighted by Gasteiger charge is 2.13. The summed E-state index contributed by atoms with van der Waals surface area (Å²) in [5.41, 5.74) is 0. The SMILES string of the molecule is CNC(C)c1noc(-c2ccc(C)s2)n1. The van der Waals surface area contributed by atoms with Crippen molar-refractivity contribution >= 4 is 11.3 Å². The molecule has 0 radical (unpaired) electrons. The number of hydrogen-bond donors (Lipinski definition) is 1. The lowest BCUT2D eigenvalue weighted by atomic mass is 10.3. The lowest BCUT2D eigenvalue weighted by molar-refractivity contribution is 0.414. The van der Waals surface area contributed by atoms with Gasteiger partial charge in [0.15, 0.2) is 5.82 Å². The number of nitrogens with zero attached hydrogens (tertiary/aromatic N) is 2. The molecule has 0 bridgehead atoms. The Balaban J connectivity index is 2.27. The molecule has 0 aliphatic rings. The molecule has 2 aromatic rings. The Kier molecular flexibility index (Phi) is 2.83. The second-order valence-corrected chi connectivity index (χ2v) is 4.67. The number of aromatic nitrogens is 2. The molecule has 0 fully saturated rings. The van der Waals surface area contributed by atoms with E-state index in [0.717, 1.165) is 4.88 Å². The molecule has 0 aromatic carbocycles. The van der Waals surface area contributed by atoms with E-state index in [0.29, 0.717) is 11.7 Å². The molecule has 0 saturated carbocycles. The van der Waals surface area contributed by atoms with Crippen LogP contribution in [0, 0.1) is 6.92 Å². The summed E-state index contributed by atoms with van der Waals surface area (Å²) in [7, 11) is 1.87. The summed E-state index contributed by atoms with van der Waals surface area (Å²) >= 11 is 1.66. The first kappa shape index (κ1) is 10.3. The van der Waals surface area contributed by atoms with Crippen LogP contribution in [0.4, 0.5) is 0 Å². The lowest BCUT2D eigenvalue weighted by Crippen LogP contribution is -2.13. The van der Waals surface area contributed by atoms with Gasteiger partial charge in [0.1, 0.15) is 0 Å². The van der Waals surface area contributed by atoms with Crippen LogP contribution in [0.2, 0.25) is 0 Å². The van der Waals surface area contributed by atoms with Crippen LogP contribution >= 0.6 is 11.3 Å². The van der Waals surface area contributed by atoms with Gasteiger partial charge >= 0.3 is 0 Å². The summed E-state index contributed by atoms with van der Waals surface area (Å²) in [5, 5.41) is 7.00. The Morgan fingerprint density at radius 3 is 2.87 bits per heavy atom. The van der Waals surface area contributed by atoms with Crippen LogP contribution in [0.1, 0.15) is 23.7 Å². The molecule has 1 N–H and O–H groups in total. The molecule has 2 rings (SSSR count). The van der Waals surface area contributed by atoms with Crippen molar-refractivity contribution in [1.29, 1.82) is 0 Å². The number of rotatable bonds is 3. The highest BCUT2D eigenvalue weighted by atomic mass is 32.1. The zero-order valence-corrected chi connectivity index (χ0v) is 9.76. The zero-order valence-electron chi connectivity index (χ0n) is 8.94. The Morgan fingerprint density at radius 2 is 2.27 bits per heavy atom. The fourth-order valence-corrected chi connectivity index (χ4v) is 1.98. The Morgan fingerprint density at radius 1 is 1.47 bits per heavy atom. The van der Waals surface area contributed by atoms with Gasteiger partial charge in [-0.3, -0.25) is 0 Å². The van der Waals surface area contributed by atoms with Crippen molar-refractivity contribution in [3.63, 3.8) is 0 Å². The van der Waals surface area contributed by atoms with Gasteiger partial charge in [-0.05, 0) is 33.0 Å².